The standard InChI is InChI=1S/C14H17N5O5S/c1-2-7-25(23,24)17-11-5-3-10(4-6-11)15-13(20)9-19-8-12(14(21)22)16-18-19/h3-6,8,17H,2,7,9H2,1H3,(H,15,20)(H,21,22). The maximum Gasteiger partial charge on any atom is 0.358 e. The Morgan fingerprint density at radius 2 is 1.84 bits per heavy atom. The molecule has 0 radical (unpaired) electrons. The van der Waals surface area contributed by atoms with Crippen molar-refractivity contribution in [2.24, 2.45) is 0 Å². The lowest BCUT2D eigenvalue weighted by atomic mass is 10.3. The Labute approximate surface area is 143 Å². The molecule has 0 saturated heterocycles. The normalized spacial score (nSPS) is 11.1. The van der Waals surface area contributed by atoms with Gasteiger partial charge in [-0.15, -0.1) is 5.10 Å². The average Bonchev–Trinajstić information content (AvgIpc) is 2.97. The number of nitrogens with zero attached hydrogens (tertiary/aromatic N) is 3. The van der Waals surface area contributed by atoms with E-state index >= 15 is 0 Å². The molecule has 25 heavy (non-hydrogen) atoms. The van der Waals surface area contributed by atoms with Crippen molar-refractivity contribution in [2.45, 2.75) is 19.9 Å². The van der Waals surface area contributed by atoms with Crippen LogP contribution in [0.3, 0.4) is 0 Å². The number of carboxylic acids is 1. The number of amides is 1. The number of aromatic carboxylic acids is 1. The van der Waals surface area contributed by atoms with Crippen LogP contribution in [0.5, 0.6) is 0 Å². The summed E-state index contributed by atoms with van der Waals surface area (Å²) in [5.74, 6) is -1.63. The molecule has 1 amide bonds. The molecule has 1 aromatic carbocycles. The first kappa shape index (κ1) is 18.4. The van der Waals surface area contributed by atoms with Crippen LogP contribution in [-0.2, 0) is 21.4 Å². The molecule has 0 aliphatic carbocycles. The van der Waals surface area contributed by atoms with Gasteiger partial charge in [0.25, 0.3) is 0 Å². The number of hydrogen-bond donors (Lipinski definition) is 3. The van der Waals surface area contributed by atoms with E-state index in [1.165, 1.54) is 12.1 Å². The van der Waals surface area contributed by atoms with Gasteiger partial charge in [0.05, 0.1) is 11.9 Å². The molecular weight excluding hydrogens is 350 g/mol. The Bertz CT molecular complexity index is 860. The fourth-order valence-electron chi connectivity index (χ4n) is 1.94. The maximum absolute atomic E-state index is 11.9. The van der Waals surface area contributed by atoms with E-state index in [4.69, 9.17) is 5.11 Å². The van der Waals surface area contributed by atoms with E-state index in [2.05, 4.69) is 20.4 Å². The summed E-state index contributed by atoms with van der Waals surface area (Å²) in [5, 5.41) is 18.3. The second-order valence-corrected chi connectivity index (χ2v) is 6.99. The first-order valence-corrected chi connectivity index (χ1v) is 8.98. The molecule has 0 saturated carbocycles. The van der Waals surface area contributed by atoms with Gasteiger partial charge in [0.2, 0.25) is 15.9 Å². The molecule has 0 spiro atoms. The lowest BCUT2D eigenvalue weighted by Gasteiger charge is -2.09. The number of benzene rings is 1. The highest BCUT2D eigenvalue weighted by Crippen LogP contribution is 2.15. The van der Waals surface area contributed by atoms with Crippen LogP contribution >= 0.6 is 0 Å². The van der Waals surface area contributed by atoms with Crippen molar-refractivity contribution >= 4 is 33.3 Å². The third-order valence-electron chi connectivity index (χ3n) is 2.98. The van der Waals surface area contributed by atoms with Gasteiger partial charge in [-0.25, -0.2) is 17.9 Å². The van der Waals surface area contributed by atoms with Gasteiger partial charge in [-0.05, 0) is 30.7 Å². The van der Waals surface area contributed by atoms with E-state index in [9.17, 15) is 18.0 Å². The third-order valence-corrected chi connectivity index (χ3v) is 4.47. The molecule has 0 bridgehead atoms. The van der Waals surface area contributed by atoms with Crippen molar-refractivity contribution in [1.82, 2.24) is 15.0 Å². The minimum Gasteiger partial charge on any atom is -0.476 e. The first-order chi connectivity index (χ1) is 11.8. The zero-order chi connectivity index (χ0) is 18.4. The van der Waals surface area contributed by atoms with E-state index in [0.29, 0.717) is 17.8 Å². The predicted octanol–water partition coefficient (Wildman–Crippen LogP) is 0.767. The number of carbonyl (C=O) groups is 2. The molecule has 10 nitrogen and oxygen atoms in total. The molecular formula is C14H17N5O5S. The van der Waals surface area contributed by atoms with Crippen LogP contribution in [0.25, 0.3) is 0 Å². The number of carboxylic acid groups (broad SMARTS) is 1. The predicted molar refractivity (Wildman–Crippen MR) is 89.8 cm³/mol. The van der Waals surface area contributed by atoms with Gasteiger partial charge in [0, 0.05) is 11.4 Å². The molecule has 0 atom stereocenters. The minimum atomic E-state index is -3.37. The number of sulfonamides is 1. The number of hydrogen-bond acceptors (Lipinski definition) is 6. The number of aromatic nitrogens is 3. The van der Waals surface area contributed by atoms with Crippen LogP contribution in [0.4, 0.5) is 11.4 Å². The highest BCUT2D eigenvalue weighted by atomic mass is 32.2. The van der Waals surface area contributed by atoms with Crippen LogP contribution in [0.2, 0.25) is 0 Å². The van der Waals surface area contributed by atoms with Gasteiger partial charge in [-0.2, -0.15) is 0 Å². The summed E-state index contributed by atoms with van der Waals surface area (Å²) in [6.45, 7) is 1.57. The van der Waals surface area contributed by atoms with Gasteiger partial charge in [-0.1, -0.05) is 12.1 Å². The lowest BCUT2D eigenvalue weighted by Crippen LogP contribution is -2.19. The van der Waals surface area contributed by atoms with Gasteiger partial charge in [0.15, 0.2) is 5.69 Å². The van der Waals surface area contributed by atoms with Crippen molar-refractivity contribution in [3.8, 4) is 0 Å². The Kier molecular flexibility index (Phi) is 5.70. The van der Waals surface area contributed by atoms with Crippen molar-refractivity contribution in [3.63, 3.8) is 0 Å². The van der Waals surface area contributed by atoms with E-state index in [0.717, 1.165) is 10.9 Å². The van der Waals surface area contributed by atoms with Crippen molar-refractivity contribution < 1.29 is 23.1 Å². The van der Waals surface area contributed by atoms with Crippen molar-refractivity contribution in [2.75, 3.05) is 15.8 Å². The van der Waals surface area contributed by atoms with Crippen LogP contribution in [0.1, 0.15) is 23.8 Å². The summed E-state index contributed by atoms with van der Waals surface area (Å²) in [7, 11) is -3.37. The lowest BCUT2D eigenvalue weighted by molar-refractivity contribution is -0.116. The molecule has 0 unspecified atom stereocenters. The molecule has 0 aliphatic rings. The van der Waals surface area contributed by atoms with Gasteiger partial charge in [0.1, 0.15) is 6.54 Å². The average molecular weight is 367 g/mol. The fourth-order valence-corrected chi connectivity index (χ4v) is 3.08. The van der Waals surface area contributed by atoms with E-state index in [-0.39, 0.29) is 18.0 Å². The Morgan fingerprint density at radius 1 is 1.20 bits per heavy atom. The molecule has 0 aliphatic heterocycles. The highest BCUT2D eigenvalue weighted by molar-refractivity contribution is 7.92. The minimum absolute atomic E-state index is 0.0295. The van der Waals surface area contributed by atoms with Crippen LogP contribution in [0, 0.1) is 0 Å². The van der Waals surface area contributed by atoms with Crippen LogP contribution in [0.15, 0.2) is 30.5 Å². The fraction of sp³-hybridized carbons (Fsp3) is 0.286. The number of carbonyl (C=O) groups excluding carboxylic acids is 1. The van der Waals surface area contributed by atoms with Crippen molar-refractivity contribution in [1.29, 1.82) is 0 Å². The quantitative estimate of drug-likeness (QED) is 0.625. The van der Waals surface area contributed by atoms with E-state index < -0.39 is 21.9 Å². The second kappa shape index (κ2) is 7.75. The molecule has 2 aromatic rings. The SMILES string of the molecule is CCCS(=O)(=O)Nc1ccc(NC(=O)Cn2cc(C(=O)O)nn2)cc1. The summed E-state index contributed by atoms with van der Waals surface area (Å²) in [4.78, 5) is 22.6. The summed E-state index contributed by atoms with van der Waals surface area (Å²) in [5.41, 5.74) is 0.604. The number of rotatable bonds is 8. The van der Waals surface area contributed by atoms with Gasteiger partial charge in [-0.3, -0.25) is 9.52 Å². The van der Waals surface area contributed by atoms with E-state index in [1.807, 2.05) is 0 Å². The summed E-state index contributed by atoms with van der Waals surface area (Å²) in [6, 6.07) is 6.15. The Morgan fingerprint density at radius 3 is 2.40 bits per heavy atom. The van der Waals surface area contributed by atoms with Crippen molar-refractivity contribution in [3.05, 3.63) is 36.2 Å². The zero-order valence-corrected chi connectivity index (χ0v) is 14.2. The molecule has 1 aromatic heterocycles. The van der Waals surface area contributed by atoms with Gasteiger partial charge >= 0.3 is 5.97 Å². The molecule has 2 rings (SSSR count). The van der Waals surface area contributed by atoms with Crippen LogP contribution in [-0.4, -0.2) is 46.1 Å². The molecule has 1 heterocycles. The molecule has 134 valence electrons. The van der Waals surface area contributed by atoms with Crippen LogP contribution < -0.4 is 10.0 Å². The molecule has 0 fully saturated rings. The van der Waals surface area contributed by atoms with Gasteiger partial charge < -0.3 is 10.4 Å². The topological polar surface area (TPSA) is 143 Å². The maximum atomic E-state index is 11.9. The molecule has 3 N–H and O–H groups in total. The Balaban J connectivity index is 1.93. The summed E-state index contributed by atoms with van der Waals surface area (Å²) < 4.78 is 26.9. The Hall–Kier alpha value is -2.95. The monoisotopic (exact) mass is 367 g/mol. The molecule has 11 heteroatoms. The second-order valence-electron chi connectivity index (χ2n) is 5.15. The first-order valence-electron chi connectivity index (χ1n) is 7.33. The highest BCUT2D eigenvalue weighted by Gasteiger charge is 2.11. The number of anilines is 2. The van der Waals surface area contributed by atoms with E-state index in [1.54, 1.807) is 19.1 Å². The summed E-state index contributed by atoms with van der Waals surface area (Å²) in [6.07, 6.45) is 1.66. The smallest absolute Gasteiger partial charge is 0.358 e. The number of nitrogens with one attached hydrogen (secondary N) is 2. The zero-order valence-electron chi connectivity index (χ0n) is 13.3. The third kappa shape index (κ3) is 5.57. The summed E-state index contributed by atoms with van der Waals surface area (Å²) >= 11 is 0. The largest absolute Gasteiger partial charge is 0.476 e.